The van der Waals surface area contributed by atoms with Gasteiger partial charge in [0.15, 0.2) is 5.82 Å². The highest BCUT2D eigenvalue weighted by Crippen LogP contribution is 2.26. The summed E-state index contributed by atoms with van der Waals surface area (Å²) in [6.45, 7) is 1.86. The fourth-order valence-electron chi connectivity index (χ4n) is 2.82. The van der Waals surface area contributed by atoms with E-state index in [4.69, 9.17) is 15.2 Å². The lowest BCUT2D eigenvalue weighted by Gasteiger charge is -2.12. The molecular formula is C18H24N4O2. The van der Waals surface area contributed by atoms with Gasteiger partial charge in [-0.1, -0.05) is 0 Å². The Kier molecular flexibility index (Phi) is 5.48. The van der Waals surface area contributed by atoms with Crippen molar-refractivity contribution in [2.75, 3.05) is 25.5 Å². The fourth-order valence-corrected chi connectivity index (χ4v) is 2.82. The molecule has 0 saturated heterocycles. The van der Waals surface area contributed by atoms with Crippen LogP contribution in [0.25, 0.3) is 0 Å². The summed E-state index contributed by atoms with van der Waals surface area (Å²) in [5, 5.41) is 3.40. The van der Waals surface area contributed by atoms with E-state index < -0.39 is 0 Å². The van der Waals surface area contributed by atoms with Gasteiger partial charge in [0.05, 0.1) is 7.11 Å². The van der Waals surface area contributed by atoms with Crippen LogP contribution in [0, 0.1) is 0 Å². The Labute approximate surface area is 142 Å². The van der Waals surface area contributed by atoms with Crippen molar-refractivity contribution in [2.45, 2.75) is 32.3 Å². The molecule has 1 aliphatic rings. The smallest absolute Gasteiger partial charge is 0.168 e. The van der Waals surface area contributed by atoms with Crippen LogP contribution in [-0.2, 0) is 19.4 Å². The molecule has 1 aromatic heterocycles. The number of benzene rings is 1. The first-order chi connectivity index (χ1) is 11.8. The van der Waals surface area contributed by atoms with Crippen LogP contribution in [0.2, 0.25) is 0 Å². The lowest BCUT2D eigenvalue weighted by molar-refractivity contribution is 0.295. The predicted molar refractivity (Wildman–Crippen MR) is 93.5 cm³/mol. The van der Waals surface area contributed by atoms with Crippen molar-refractivity contribution in [3.05, 3.63) is 41.3 Å². The van der Waals surface area contributed by atoms with E-state index in [1.54, 1.807) is 7.11 Å². The van der Waals surface area contributed by atoms with Crippen LogP contribution >= 0.6 is 0 Å². The summed E-state index contributed by atoms with van der Waals surface area (Å²) < 4.78 is 11.0. The van der Waals surface area contributed by atoms with Gasteiger partial charge in [0.25, 0.3) is 0 Å². The molecule has 3 rings (SSSR count). The average molecular weight is 328 g/mol. The monoisotopic (exact) mass is 328 g/mol. The highest BCUT2D eigenvalue weighted by Gasteiger charge is 2.19. The van der Waals surface area contributed by atoms with E-state index in [0.29, 0.717) is 19.0 Å². The number of hydrogen-bond donors (Lipinski definition) is 2. The third kappa shape index (κ3) is 3.94. The molecule has 0 saturated carbocycles. The summed E-state index contributed by atoms with van der Waals surface area (Å²) in [5.74, 6) is 3.24. The van der Waals surface area contributed by atoms with Crippen LogP contribution in [0.5, 0.6) is 11.5 Å². The molecule has 3 N–H and O–H groups in total. The van der Waals surface area contributed by atoms with Gasteiger partial charge in [0.2, 0.25) is 0 Å². The maximum atomic E-state index is 5.80. The second kappa shape index (κ2) is 7.97. The maximum Gasteiger partial charge on any atom is 0.168 e. The van der Waals surface area contributed by atoms with Gasteiger partial charge in [-0.05, 0) is 56.5 Å². The molecule has 0 spiro atoms. The molecule has 0 amide bonds. The molecule has 0 radical (unpaired) electrons. The van der Waals surface area contributed by atoms with Crippen molar-refractivity contribution in [1.82, 2.24) is 9.97 Å². The molecule has 6 nitrogen and oxygen atoms in total. The van der Waals surface area contributed by atoms with Gasteiger partial charge in [-0.25, -0.2) is 9.97 Å². The van der Waals surface area contributed by atoms with E-state index in [1.165, 1.54) is 5.56 Å². The van der Waals surface area contributed by atoms with E-state index in [0.717, 1.165) is 55.2 Å². The standard InChI is InChI=1S/C18H24N4O2/c1-23-13-6-8-14(9-7-13)24-12-17-21-16-5-2-4-15(16)18(22-17)20-11-3-10-19/h6-9H,2-5,10-12,19H2,1H3,(H,20,21,22). The van der Waals surface area contributed by atoms with E-state index in [1.807, 2.05) is 24.3 Å². The molecule has 0 bridgehead atoms. The molecule has 6 heteroatoms. The number of nitrogens with two attached hydrogens (primary N) is 1. The summed E-state index contributed by atoms with van der Waals surface area (Å²) in [7, 11) is 1.65. The molecule has 1 aliphatic carbocycles. The van der Waals surface area contributed by atoms with Crippen LogP contribution in [0.1, 0.15) is 29.9 Å². The zero-order chi connectivity index (χ0) is 16.8. The lowest BCUT2D eigenvalue weighted by Crippen LogP contribution is -2.13. The lowest BCUT2D eigenvalue weighted by atomic mass is 10.2. The molecule has 1 heterocycles. The van der Waals surface area contributed by atoms with Crippen molar-refractivity contribution < 1.29 is 9.47 Å². The normalized spacial score (nSPS) is 12.8. The number of ether oxygens (including phenoxy) is 2. The van der Waals surface area contributed by atoms with Crippen molar-refractivity contribution in [3.8, 4) is 11.5 Å². The van der Waals surface area contributed by atoms with Crippen molar-refractivity contribution >= 4 is 5.82 Å². The number of rotatable bonds is 8. The van der Waals surface area contributed by atoms with Crippen LogP contribution < -0.4 is 20.5 Å². The Morgan fingerprint density at radius 1 is 1.12 bits per heavy atom. The molecule has 2 aromatic rings. The molecule has 0 unspecified atom stereocenters. The Hall–Kier alpha value is -2.34. The van der Waals surface area contributed by atoms with Crippen molar-refractivity contribution in [1.29, 1.82) is 0 Å². The summed E-state index contributed by atoms with van der Waals surface area (Å²) in [6.07, 6.45) is 4.12. The van der Waals surface area contributed by atoms with Gasteiger partial charge >= 0.3 is 0 Å². The molecule has 128 valence electrons. The zero-order valence-corrected chi connectivity index (χ0v) is 14.0. The van der Waals surface area contributed by atoms with Crippen LogP contribution in [0.3, 0.4) is 0 Å². The average Bonchev–Trinajstić information content (AvgIpc) is 3.09. The van der Waals surface area contributed by atoms with Crippen LogP contribution in [0.15, 0.2) is 24.3 Å². The van der Waals surface area contributed by atoms with Gasteiger partial charge in [0.1, 0.15) is 23.9 Å². The van der Waals surface area contributed by atoms with E-state index >= 15 is 0 Å². The minimum atomic E-state index is 0.352. The minimum Gasteiger partial charge on any atom is -0.497 e. The topological polar surface area (TPSA) is 82.3 Å². The number of anilines is 1. The SMILES string of the molecule is COc1ccc(OCc2nc3c(c(NCCCN)n2)CCC3)cc1. The number of hydrogen-bond acceptors (Lipinski definition) is 6. The molecule has 0 aliphatic heterocycles. The Bertz CT molecular complexity index is 673. The number of aryl methyl sites for hydroxylation is 1. The second-order valence-corrected chi connectivity index (χ2v) is 5.80. The molecule has 0 atom stereocenters. The van der Waals surface area contributed by atoms with Crippen LogP contribution in [-0.4, -0.2) is 30.2 Å². The Morgan fingerprint density at radius 2 is 1.92 bits per heavy atom. The first kappa shape index (κ1) is 16.5. The Morgan fingerprint density at radius 3 is 2.67 bits per heavy atom. The summed E-state index contributed by atoms with van der Waals surface area (Å²) in [5.41, 5.74) is 7.96. The fraction of sp³-hybridized carbons (Fsp3) is 0.444. The summed E-state index contributed by atoms with van der Waals surface area (Å²) >= 11 is 0. The summed E-state index contributed by atoms with van der Waals surface area (Å²) in [4.78, 5) is 9.32. The highest BCUT2D eigenvalue weighted by molar-refractivity contribution is 5.48. The highest BCUT2D eigenvalue weighted by atomic mass is 16.5. The third-order valence-corrected chi connectivity index (χ3v) is 4.08. The molecular weight excluding hydrogens is 304 g/mol. The first-order valence-electron chi connectivity index (χ1n) is 8.39. The molecule has 0 fully saturated rings. The van der Waals surface area contributed by atoms with Crippen molar-refractivity contribution in [3.63, 3.8) is 0 Å². The van der Waals surface area contributed by atoms with Gasteiger partial charge in [0, 0.05) is 17.8 Å². The molecule has 1 aromatic carbocycles. The van der Waals surface area contributed by atoms with E-state index in [-0.39, 0.29) is 0 Å². The Balaban J connectivity index is 1.69. The van der Waals surface area contributed by atoms with Gasteiger partial charge < -0.3 is 20.5 Å². The largest absolute Gasteiger partial charge is 0.497 e. The minimum absolute atomic E-state index is 0.352. The number of aromatic nitrogens is 2. The number of nitrogens with zero attached hydrogens (tertiary/aromatic N) is 2. The third-order valence-electron chi connectivity index (χ3n) is 4.08. The second-order valence-electron chi connectivity index (χ2n) is 5.80. The van der Waals surface area contributed by atoms with Gasteiger partial charge in [-0.3, -0.25) is 0 Å². The summed E-state index contributed by atoms with van der Waals surface area (Å²) in [6, 6.07) is 7.51. The predicted octanol–water partition coefficient (Wildman–Crippen LogP) is 2.31. The molecule has 24 heavy (non-hydrogen) atoms. The van der Waals surface area contributed by atoms with E-state index in [2.05, 4.69) is 15.3 Å². The maximum absolute atomic E-state index is 5.80. The van der Waals surface area contributed by atoms with Gasteiger partial charge in [-0.2, -0.15) is 0 Å². The first-order valence-corrected chi connectivity index (χ1v) is 8.39. The van der Waals surface area contributed by atoms with Gasteiger partial charge in [-0.15, -0.1) is 0 Å². The zero-order valence-electron chi connectivity index (χ0n) is 14.0. The number of methoxy groups -OCH3 is 1. The van der Waals surface area contributed by atoms with E-state index in [9.17, 15) is 0 Å². The van der Waals surface area contributed by atoms with Crippen LogP contribution in [0.4, 0.5) is 5.82 Å². The quantitative estimate of drug-likeness (QED) is 0.724. The number of fused-ring (bicyclic) bond motifs is 1. The number of nitrogens with one attached hydrogen (secondary N) is 1. The van der Waals surface area contributed by atoms with Crippen molar-refractivity contribution in [2.24, 2.45) is 5.73 Å².